The minimum absolute atomic E-state index is 0.340. The average Bonchev–Trinajstić information content (AvgIpc) is 2.31. The lowest BCUT2D eigenvalue weighted by molar-refractivity contribution is -0.162. The molecule has 0 aromatic carbocycles. The summed E-state index contributed by atoms with van der Waals surface area (Å²) in [4.78, 5) is 0. The molecule has 2 fully saturated rings. The average molecular weight is 230 g/mol. The van der Waals surface area contributed by atoms with Gasteiger partial charge < -0.3 is 23.8 Å². The van der Waals surface area contributed by atoms with E-state index in [2.05, 4.69) is 0 Å². The summed E-state index contributed by atoms with van der Waals surface area (Å²) in [5.41, 5.74) is 0. The molecule has 6 heteroatoms. The number of ether oxygens (including phenoxy) is 2. The zero-order valence-electron chi connectivity index (χ0n) is 9.47. The van der Waals surface area contributed by atoms with E-state index in [0.29, 0.717) is 13.2 Å². The minimum atomic E-state index is -1.24. The normalized spacial score (nSPS) is 31.3. The summed E-state index contributed by atoms with van der Waals surface area (Å²) in [6.45, 7) is 1.38. The van der Waals surface area contributed by atoms with Crippen LogP contribution in [0.4, 0.5) is 0 Å². The Morgan fingerprint density at radius 3 is 1.75 bits per heavy atom. The van der Waals surface area contributed by atoms with Gasteiger partial charge in [0.15, 0.2) is 0 Å². The van der Waals surface area contributed by atoms with Crippen LogP contribution < -0.4 is 0 Å². The highest BCUT2D eigenvalue weighted by molar-refractivity contribution is 6.34. The number of hydrogen-bond donors (Lipinski definition) is 1. The van der Waals surface area contributed by atoms with Gasteiger partial charge in [0.2, 0.25) is 0 Å². The van der Waals surface area contributed by atoms with Crippen LogP contribution in [0.3, 0.4) is 0 Å². The molecular formula is C10H19BO5. The van der Waals surface area contributed by atoms with E-state index in [-0.39, 0.29) is 12.6 Å². The lowest BCUT2D eigenvalue weighted by Crippen LogP contribution is -2.37. The highest BCUT2D eigenvalue weighted by Gasteiger charge is 2.28. The summed E-state index contributed by atoms with van der Waals surface area (Å²) in [5, 5.41) is 9.55. The molecule has 0 aromatic rings. The Balaban J connectivity index is 1.64. The molecule has 2 saturated heterocycles. The highest BCUT2D eigenvalue weighted by atomic mass is 16.8. The van der Waals surface area contributed by atoms with Crippen molar-refractivity contribution in [3.05, 3.63) is 0 Å². The molecule has 92 valence electrons. The van der Waals surface area contributed by atoms with Crippen molar-refractivity contribution < 1.29 is 23.8 Å². The number of hydrogen-bond acceptors (Lipinski definition) is 5. The van der Waals surface area contributed by atoms with Gasteiger partial charge in [0.25, 0.3) is 0 Å². The lowest BCUT2D eigenvalue weighted by atomic mass is 10.1. The molecule has 2 aliphatic heterocycles. The van der Waals surface area contributed by atoms with Crippen LogP contribution in [0, 0.1) is 0 Å². The molecule has 5 nitrogen and oxygen atoms in total. The summed E-state index contributed by atoms with van der Waals surface area (Å²) >= 11 is 0. The fourth-order valence-corrected chi connectivity index (χ4v) is 1.93. The Morgan fingerprint density at radius 2 is 1.38 bits per heavy atom. The summed E-state index contributed by atoms with van der Waals surface area (Å²) in [6.07, 6.45) is 5.19. The first-order valence-electron chi connectivity index (χ1n) is 6.07. The molecule has 0 radical (unpaired) electrons. The van der Waals surface area contributed by atoms with Crippen LogP contribution in [0.1, 0.15) is 38.5 Å². The van der Waals surface area contributed by atoms with Gasteiger partial charge in [-0.25, -0.2) is 0 Å². The highest BCUT2D eigenvalue weighted by Crippen LogP contribution is 2.17. The molecule has 2 unspecified atom stereocenters. The van der Waals surface area contributed by atoms with Crippen LogP contribution in [0.15, 0.2) is 0 Å². The van der Waals surface area contributed by atoms with Gasteiger partial charge in [0.1, 0.15) is 12.6 Å². The maximum absolute atomic E-state index is 9.55. The molecule has 0 spiro atoms. The third-order valence-corrected chi connectivity index (χ3v) is 2.81. The predicted octanol–water partition coefficient (Wildman–Crippen LogP) is 1.05. The molecule has 2 rings (SSSR count). The van der Waals surface area contributed by atoms with Crippen LogP contribution in [-0.2, 0) is 18.8 Å². The van der Waals surface area contributed by atoms with Crippen molar-refractivity contribution in [2.24, 2.45) is 0 Å². The Hall–Kier alpha value is -0.135. The quantitative estimate of drug-likeness (QED) is 0.731. The smallest absolute Gasteiger partial charge is 0.401 e. The van der Waals surface area contributed by atoms with Crippen molar-refractivity contribution in [1.29, 1.82) is 0 Å². The third-order valence-electron chi connectivity index (χ3n) is 2.81. The molecular weight excluding hydrogens is 211 g/mol. The molecule has 1 N–H and O–H groups in total. The van der Waals surface area contributed by atoms with Crippen molar-refractivity contribution in [2.45, 2.75) is 51.1 Å². The first kappa shape index (κ1) is 12.3. The van der Waals surface area contributed by atoms with Gasteiger partial charge in [-0.2, -0.15) is 0 Å². The van der Waals surface area contributed by atoms with Gasteiger partial charge in [-0.3, -0.25) is 0 Å². The van der Waals surface area contributed by atoms with E-state index in [9.17, 15) is 5.02 Å². The Kier molecular flexibility index (Phi) is 5.06. The largest absolute Gasteiger partial charge is 0.640 e. The van der Waals surface area contributed by atoms with Crippen LogP contribution >= 0.6 is 0 Å². The molecule has 0 aliphatic carbocycles. The second kappa shape index (κ2) is 6.56. The SMILES string of the molecule is OB(OC1CCCCO1)OC1CCCCO1. The van der Waals surface area contributed by atoms with Gasteiger partial charge in [-0.05, 0) is 38.5 Å². The Bertz CT molecular complexity index is 172. The molecule has 16 heavy (non-hydrogen) atoms. The molecule has 0 aromatic heterocycles. The summed E-state index contributed by atoms with van der Waals surface area (Å²) in [6, 6.07) is 0. The third kappa shape index (κ3) is 4.03. The summed E-state index contributed by atoms with van der Waals surface area (Å²) in [7, 11) is -1.24. The monoisotopic (exact) mass is 230 g/mol. The van der Waals surface area contributed by atoms with E-state index >= 15 is 0 Å². The van der Waals surface area contributed by atoms with E-state index in [1.807, 2.05) is 0 Å². The van der Waals surface area contributed by atoms with Crippen molar-refractivity contribution in [3.63, 3.8) is 0 Å². The molecule has 0 bridgehead atoms. The van der Waals surface area contributed by atoms with Crippen molar-refractivity contribution in [3.8, 4) is 0 Å². The molecule has 2 heterocycles. The van der Waals surface area contributed by atoms with Crippen LogP contribution in [0.5, 0.6) is 0 Å². The maximum atomic E-state index is 9.55. The second-order valence-corrected chi connectivity index (χ2v) is 4.17. The molecule has 0 saturated carbocycles. The first-order valence-corrected chi connectivity index (χ1v) is 6.07. The van der Waals surface area contributed by atoms with E-state index in [0.717, 1.165) is 38.5 Å². The Labute approximate surface area is 96.2 Å². The first-order chi connectivity index (χ1) is 7.84. The standard InChI is InChI=1S/C10H19BO5/c12-11(15-9-5-1-3-7-13-9)16-10-6-2-4-8-14-10/h9-10,12H,1-8H2. The zero-order valence-corrected chi connectivity index (χ0v) is 9.47. The van der Waals surface area contributed by atoms with E-state index in [1.54, 1.807) is 0 Å². The fourth-order valence-electron chi connectivity index (χ4n) is 1.93. The Morgan fingerprint density at radius 1 is 0.875 bits per heavy atom. The molecule has 0 amide bonds. The van der Waals surface area contributed by atoms with E-state index in [1.165, 1.54) is 0 Å². The molecule has 2 aliphatic rings. The maximum Gasteiger partial charge on any atom is 0.640 e. The van der Waals surface area contributed by atoms with Crippen LogP contribution in [-0.4, -0.2) is 38.1 Å². The van der Waals surface area contributed by atoms with Crippen molar-refractivity contribution >= 4 is 7.32 Å². The molecule has 2 atom stereocenters. The lowest BCUT2D eigenvalue weighted by Gasteiger charge is -2.27. The second-order valence-electron chi connectivity index (χ2n) is 4.17. The van der Waals surface area contributed by atoms with Crippen molar-refractivity contribution in [1.82, 2.24) is 0 Å². The van der Waals surface area contributed by atoms with Gasteiger partial charge in [0, 0.05) is 13.2 Å². The zero-order chi connectivity index (χ0) is 11.2. The summed E-state index contributed by atoms with van der Waals surface area (Å²) in [5.74, 6) is 0. The van der Waals surface area contributed by atoms with Crippen LogP contribution in [0.2, 0.25) is 0 Å². The fraction of sp³-hybridized carbons (Fsp3) is 1.00. The van der Waals surface area contributed by atoms with Crippen LogP contribution in [0.25, 0.3) is 0 Å². The predicted molar refractivity (Wildman–Crippen MR) is 57.3 cm³/mol. The van der Waals surface area contributed by atoms with E-state index in [4.69, 9.17) is 18.8 Å². The van der Waals surface area contributed by atoms with Gasteiger partial charge in [-0.1, -0.05) is 0 Å². The topological polar surface area (TPSA) is 57.2 Å². The van der Waals surface area contributed by atoms with Gasteiger partial charge >= 0.3 is 7.32 Å². The number of rotatable bonds is 4. The minimum Gasteiger partial charge on any atom is -0.401 e. The summed E-state index contributed by atoms with van der Waals surface area (Å²) < 4.78 is 21.1. The van der Waals surface area contributed by atoms with Crippen molar-refractivity contribution in [2.75, 3.05) is 13.2 Å². The van der Waals surface area contributed by atoms with Gasteiger partial charge in [-0.15, -0.1) is 0 Å². The van der Waals surface area contributed by atoms with E-state index < -0.39 is 7.32 Å². The van der Waals surface area contributed by atoms with Gasteiger partial charge in [0.05, 0.1) is 0 Å².